The van der Waals surface area contributed by atoms with Gasteiger partial charge in [-0.05, 0) is 54.0 Å². The van der Waals surface area contributed by atoms with E-state index in [0.29, 0.717) is 19.3 Å². The summed E-state index contributed by atoms with van der Waals surface area (Å²) < 4.78 is 5.46. The maximum Gasteiger partial charge on any atom is 0.408 e. The Morgan fingerprint density at radius 3 is 2.14 bits per heavy atom. The van der Waals surface area contributed by atoms with Crippen molar-refractivity contribution in [3.8, 4) is 0 Å². The Morgan fingerprint density at radius 2 is 1.45 bits per heavy atom. The topological polar surface area (TPSA) is 146 Å². The second kappa shape index (κ2) is 20.2. The van der Waals surface area contributed by atoms with Crippen molar-refractivity contribution in [1.29, 1.82) is 0 Å². The van der Waals surface area contributed by atoms with Gasteiger partial charge in [0.1, 0.15) is 18.7 Å². The van der Waals surface area contributed by atoms with Crippen LogP contribution in [0.5, 0.6) is 0 Å². The molecular formula is C39H54N4O6. The Bertz CT molecular complexity index is 1490. The minimum absolute atomic E-state index is 0.0301. The van der Waals surface area contributed by atoms with Gasteiger partial charge in [-0.15, -0.1) is 0 Å². The smallest absolute Gasteiger partial charge is 0.408 e. The first kappa shape index (κ1) is 39.0. The zero-order chi connectivity index (χ0) is 35.8. The summed E-state index contributed by atoms with van der Waals surface area (Å²) in [6.45, 7) is 9.83. The van der Waals surface area contributed by atoms with Gasteiger partial charge >= 0.3 is 6.09 Å². The maximum atomic E-state index is 14.0. The van der Waals surface area contributed by atoms with Gasteiger partial charge in [0.25, 0.3) is 0 Å². The summed E-state index contributed by atoms with van der Waals surface area (Å²) in [5.74, 6) is -1.15. The Balaban J connectivity index is 1.81. The number of ether oxygens (including phenoxy) is 1. The number of carbonyl (C=O) groups is 4. The average molecular weight is 675 g/mol. The molecule has 3 unspecified atom stereocenters. The lowest BCUT2D eigenvalue weighted by atomic mass is 9.96. The van der Waals surface area contributed by atoms with Crippen LogP contribution in [0, 0.1) is 5.92 Å². The predicted molar refractivity (Wildman–Crippen MR) is 193 cm³/mol. The molecule has 3 rings (SSSR count). The molecule has 5 atom stereocenters. The maximum absolute atomic E-state index is 14.0. The molecule has 5 N–H and O–H groups in total. The van der Waals surface area contributed by atoms with Crippen LogP contribution >= 0.6 is 0 Å². The van der Waals surface area contributed by atoms with Gasteiger partial charge in [0, 0.05) is 12.5 Å². The van der Waals surface area contributed by atoms with Gasteiger partial charge in [-0.25, -0.2) is 4.79 Å². The summed E-state index contributed by atoms with van der Waals surface area (Å²) in [5, 5.41) is 24.4. The number of aliphatic hydroxyl groups excluding tert-OH is 1. The van der Waals surface area contributed by atoms with Crippen molar-refractivity contribution >= 4 is 34.6 Å². The number of rotatable bonds is 19. The van der Waals surface area contributed by atoms with Crippen molar-refractivity contribution in [3.63, 3.8) is 0 Å². The molecule has 0 bridgehead atoms. The third-order valence-electron chi connectivity index (χ3n) is 8.54. The Kier molecular flexibility index (Phi) is 16.0. The number of unbranched alkanes of at least 4 members (excludes halogenated alkanes) is 1. The van der Waals surface area contributed by atoms with Crippen molar-refractivity contribution in [2.45, 2.75) is 116 Å². The molecule has 0 aromatic heterocycles. The minimum Gasteiger partial charge on any atom is -0.445 e. The Morgan fingerprint density at radius 1 is 0.776 bits per heavy atom. The molecule has 0 aliphatic heterocycles. The highest BCUT2D eigenvalue weighted by Crippen LogP contribution is 2.20. The van der Waals surface area contributed by atoms with Crippen LogP contribution in [0.1, 0.15) is 84.3 Å². The molecule has 0 saturated heterocycles. The number of hydrogen-bond acceptors (Lipinski definition) is 6. The number of alkyl carbamates (subject to hydrolysis) is 1. The lowest BCUT2D eigenvalue weighted by Crippen LogP contribution is -2.57. The van der Waals surface area contributed by atoms with Gasteiger partial charge in [0.15, 0.2) is 0 Å². The molecule has 3 aromatic rings. The second-order valence-electron chi connectivity index (χ2n) is 13.2. The van der Waals surface area contributed by atoms with E-state index in [9.17, 15) is 24.3 Å². The largest absolute Gasteiger partial charge is 0.445 e. The first-order chi connectivity index (χ1) is 23.5. The Hall–Kier alpha value is -4.44. The summed E-state index contributed by atoms with van der Waals surface area (Å²) in [6.07, 6.45) is 1.14. The van der Waals surface area contributed by atoms with Gasteiger partial charge < -0.3 is 31.1 Å². The van der Waals surface area contributed by atoms with Gasteiger partial charge in [-0.1, -0.05) is 113 Å². The van der Waals surface area contributed by atoms with Crippen LogP contribution in [0.3, 0.4) is 0 Å². The fourth-order valence-electron chi connectivity index (χ4n) is 5.63. The van der Waals surface area contributed by atoms with Crippen LogP contribution < -0.4 is 21.3 Å². The van der Waals surface area contributed by atoms with Crippen LogP contribution in [-0.4, -0.2) is 59.2 Å². The van der Waals surface area contributed by atoms with Crippen molar-refractivity contribution in [2.75, 3.05) is 0 Å². The molecule has 0 fully saturated rings. The van der Waals surface area contributed by atoms with E-state index in [1.165, 1.54) is 0 Å². The fraction of sp³-hybridized carbons (Fsp3) is 0.487. The molecule has 49 heavy (non-hydrogen) atoms. The molecule has 0 aliphatic rings. The Labute approximate surface area is 290 Å². The van der Waals surface area contributed by atoms with E-state index in [1.807, 2.05) is 107 Å². The molecule has 0 spiro atoms. The number of carbonyl (C=O) groups excluding carboxylic acids is 4. The van der Waals surface area contributed by atoms with E-state index in [1.54, 1.807) is 0 Å². The van der Waals surface area contributed by atoms with Crippen LogP contribution in [0.25, 0.3) is 10.8 Å². The monoisotopic (exact) mass is 674 g/mol. The van der Waals surface area contributed by atoms with Crippen LogP contribution in [0.2, 0.25) is 0 Å². The van der Waals surface area contributed by atoms with E-state index in [2.05, 4.69) is 21.3 Å². The third kappa shape index (κ3) is 13.2. The van der Waals surface area contributed by atoms with E-state index < -0.39 is 42.1 Å². The molecule has 0 radical (unpaired) electrons. The van der Waals surface area contributed by atoms with Crippen LogP contribution in [-0.2, 0) is 32.1 Å². The van der Waals surface area contributed by atoms with E-state index >= 15 is 0 Å². The molecule has 266 valence electrons. The van der Waals surface area contributed by atoms with Crippen LogP contribution in [0.15, 0.2) is 72.8 Å². The summed E-state index contributed by atoms with van der Waals surface area (Å²) in [6, 6.07) is 20.1. The standard InChI is InChI=1S/C39H54N4O6/c1-6-8-21-32(37(46)42-33(22-26(3)4)35(44)24-36(45)40-27(5)7-2)41-38(47)34(43-39(48)49-25-28-15-10-9-11-16-28)23-30-19-14-18-29-17-12-13-20-31(29)30/h9-20,26-27,32-35,44H,6-8,21-25H2,1-5H3,(H,40,45)(H,41,47)(H,42,46)(H,43,48)/t27?,32-,33?,34-,35?/m0/s1. The first-order valence-electron chi connectivity index (χ1n) is 17.5. The number of fused-ring (bicyclic) bond motifs is 1. The van der Waals surface area contributed by atoms with Gasteiger partial charge in [-0.3, -0.25) is 14.4 Å². The van der Waals surface area contributed by atoms with E-state index in [-0.39, 0.29) is 37.3 Å². The van der Waals surface area contributed by atoms with Crippen molar-refractivity contribution < 1.29 is 29.0 Å². The lowest BCUT2D eigenvalue weighted by molar-refractivity contribution is -0.131. The quantitative estimate of drug-likeness (QED) is 0.113. The summed E-state index contributed by atoms with van der Waals surface area (Å²) in [5.41, 5.74) is 1.66. The number of aliphatic hydroxyl groups is 1. The van der Waals surface area contributed by atoms with Crippen molar-refractivity contribution in [2.24, 2.45) is 5.92 Å². The highest BCUT2D eigenvalue weighted by atomic mass is 16.5. The molecular weight excluding hydrogens is 620 g/mol. The average Bonchev–Trinajstić information content (AvgIpc) is 3.08. The van der Waals surface area contributed by atoms with Gasteiger partial charge in [0.2, 0.25) is 17.7 Å². The summed E-state index contributed by atoms with van der Waals surface area (Å²) in [7, 11) is 0. The number of nitrogens with one attached hydrogen (secondary N) is 4. The molecule has 10 heteroatoms. The number of amides is 4. The van der Waals surface area contributed by atoms with E-state index in [0.717, 1.165) is 34.7 Å². The number of hydrogen-bond donors (Lipinski definition) is 5. The van der Waals surface area contributed by atoms with E-state index in [4.69, 9.17) is 4.74 Å². The lowest BCUT2D eigenvalue weighted by Gasteiger charge is -2.29. The second-order valence-corrected chi connectivity index (χ2v) is 13.2. The van der Waals surface area contributed by atoms with Crippen LogP contribution in [0.4, 0.5) is 4.79 Å². The van der Waals surface area contributed by atoms with Gasteiger partial charge in [-0.2, -0.15) is 0 Å². The highest BCUT2D eigenvalue weighted by Gasteiger charge is 2.31. The number of benzene rings is 3. The molecule has 0 aliphatic carbocycles. The zero-order valence-corrected chi connectivity index (χ0v) is 29.5. The van der Waals surface area contributed by atoms with Crippen molar-refractivity contribution in [1.82, 2.24) is 21.3 Å². The molecule has 0 saturated carbocycles. The summed E-state index contributed by atoms with van der Waals surface area (Å²) >= 11 is 0. The minimum atomic E-state index is -1.11. The molecule has 10 nitrogen and oxygen atoms in total. The molecule has 0 heterocycles. The highest BCUT2D eigenvalue weighted by molar-refractivity contribution is 5.92. The van der Waals surface area contributed by atoms with Gasteiger partial charge in [0.05, 0.1) is 18.6 Å². The SMILES string of the molecule is CCCC[C@H](NC(=O)[C@H](Cc1cccc2ccccc12)NC(=O)OCc1ccccc1)C(=O)NC(CC(C)C)C(O)CC(=O)NC(C)CC. The molecule has 3 aromatic carbocycles. The first-order valence-corrected chi connectivity index (χ1v) is 17.5. The molecule has 4 amide bonds. The predicted octanol–water partition coefficient (Wildman–Crippen LogP) is 5.55. The van der Waals surface area contributed by atoms with Crippen molar-refractivity contribution in [3.05, 3.63) is 83.9 Å². The zero-order valence-electron chi connectivity index (χ0n) is 29.5. The third-order valence-corrected chi connectivity index (χ3v) is 8.54. The normalized spacial score (nSPS) is 14.3. The fourth-order valence-corrected chi connectivity index (χ4v) is 5.63. The summed E-state index contributed by atoms with van der Waals surface area (Å²) in [4.78, 5) is 53.3.